The van der Waals surface area contributed by atoms with Crippen LogP contribution in [0.1, 0.15) is 31.7 Å². The molecule has 2 atom stereocenters. The van der Waals surface area contributed by atoms with Crippen molar-refractivity contribution in [1.29, 1.82) is 0 Å². The van der Waals surface area contributed by atoms with Crippen LogP contribution in [0.2, 0.25) is 0 Å². The van der Waals surface area contributed by atoms with E-state index in [0.29, 0.717) is 13.1 Å². The number of carbonyl (C=O) groups is 1. The number of nitrogens with two attached hydrogens (primary N) is 1. The molecule has 1 amide bonds. The number of benzene rings is 1. The van der Waals surface area contributed by atoms with Crippen molar-refractivity contribution >= 4 is 18.3 Å². The van der Waals surface area contributed by atoms with Crippen molar-refractivity contribution in [3.63, 3.8) is 0 Å². The smallest absolute Gasteiger partial charge is 0.227 e. The lowest BCUT2D eigenvalue weighted by Crippen LogP contribution is -2.41. The van der Waals surface area contributed by atoms with E-state index in [1.165, 1.54) is 12.1 Å². The largest absolute Gasteiger partial charge is 0.338 e. The van der Waals surface area contributed by atoms with Crippen molar-refractivity contribution in [2.45, 2.75) is 38.8 Å². The van der Waals surface area contributed by atoms with Crippen LogP contribution in [-0.2, 0) is 11.3 Å². The molecule has 2 N–H and O–H groups in total. The Labute approximate surface area is 125 Å². The minimum Gasteiger partial charge on any atom is -0.338 e. The van der Waals surface area contributed by atoms with Gasteiger partial charge in [0.1, 0.15) is 5.82 Å². The monoisotopic (exact) mass is 300 g/mol. The fourth-order valence-corrected chi connectivity index (χ4v) is 2.73. The molecule has 1 aromatic carbocycles. The zero-order chi connectivity index (χ0) is 13.8. The molecule has 0 saturated heterocycles. The SMILES string of the molecule is CCN(Cc1cccc(F)c1)C(=O)C1CCCC1N.Cl. The minimum atomic E-state index is -0.265. The van der Waals surface area contributed by atoms with Crippen molar-refractivity contribution < 1.29 is 9.18 Å². The molecular formula is C15H22ClFN2O. The minimum absolute atomic E-state index is 0. The van der Waals surface area contributed by atoms with Crippen LogP contribution in [0.4, 0.5) is 4.39 Å². The van der Waals surface area contributed by atoms with E-state index in [2.05, 4.69) is 0 Å². The van der Waals surface area contributed by atoms with Crippen molar-refractivity contribution in [3.8, 4) is 0 Å². The van der Waals surface area contributed by atoms with E-state index in [-0.39, 0.29) is 36.1 Å². The topological polar surface area (TPSA) is 46.3 Å². The summed E-state index contributed by atoms with van der Waals surface area (Å²) in [7, 11) is 0. The first-order valence-electron chi connectivity index (χ1n) is 6.90. The normalized spacial score (nSPS) is 21.4. The molecule has 1 aromatic rings. The van der Waals surface area contributed by atoms with Gasteiger partial charge in [0.05, 0.1) is 5.92 Å². The summed E-state index contributed by atoms with van der Waals surface area (Å²) in [5.74, 6) is -0.219. The van der Waals surface area contributed by atoms with Crippen molar-refractivity contribution in [2.75, 3.05) is 6.54 Å². The maximum atomic E-state index is 13.2. The molecule has 1 aliphatic carbocycles. The van der Waals surface area contributed by atoms with Gasteiger partial charge in [-0.2, -0.15) is 0 Å². The summed E-state index contributed by atoms with van der Waals surface area (Å²) in [6.45, 7) is 3.02. The standard InChI is InChI=1S/C15H21FN2O.ClH/c1-2-18(10-11-5-3-6-12(16)9-11)15(19)13-7-4-8-14(13)17;/h3,5-6,9,13-14H,2,4,7-8,10,17H2,1H3;1H. The Bertz CT molecular complexity index is 455. The fraction of sp³-hybridized carbons (Fsp3) is 0.533. The third-order valence-corrected chi connectivity index (χ3v) is 3.84. The van der Waals surface area contributed by atoms with Crippen molar-refractivity contribution in [1.82, 2.24) is 4.90 Å². The zero-order valence-corrected chi connectivity index (χ0v) is 12.5. The number of amides is 1. The molecule has 1 saturated carbocycles. The second kappa shape index (κ2) is 7.60. The average Bonchev–Trinajstić information content (AvgIpc) is 2.81. The Morgan fingerprint density at radius 3 is 2.75 bits per heavy atom. The van der Waals surface area contributed by atoms with Gasteiger partial charge in [0.15, 0.2) is 0 Å². The van der Waals surface area contributed by atoms with Gasteiger partial charge in [-0.25, -0.2) is 4.39 Å². The summed E-state index contributed by atoms with van der Waals surface area (Å²) in [4.78, 5) is 14.2. The van der Waals surface area contributed by atoms with Gasteiger partial charge >= 0.3 is 0 Å². The lowest BCUT2D eigenvalue weighted by atomic mass is 10.0. The van der Waals surface area contributed by atoms with E-state index < -0.39 is 0 Å². The van der Waals surface area contributed by atoms with Crippen molar-refractivity contribution in [3.05, 3.63) is 35.6 Å². The lowest BCUT2D eigenvalue weighted by Gasteiger charge is -2.26. The second-order valence-electron chi connectivity index (χ2n) is 5.18. The summed E-state index contributed by atoms with van der Waals surface area (Å²) >= 11 is 0. The van der Waals surface area contributed by atoms with E-state index in [1.807, 2.05) is 13.0 Å². The average molecular weight is 301 g/mol. The van der Waals surface area contributed by atoms with E-state index >= 15 is 0 Å². The van der Waals surface area contributed by atoms with Crippen LogP contribution in [0.25, 0.3) is 0 Å². The summed E-state index contributed by atoms with van der Waals surface area (Å²) in [5, 5.41) is 0. The molecule has 0 spiro atoms. The van der Waals surface area contributed by atoms with Crippen LogP contribution >= 0.6 is 12.4 Å². The number of nitrogens with zero attached hydrogens (tertiary/aromatic N) is 1. The maximum absolute atomic E-state index is 13.2. The van der Waals surface area contributed by atoms with E-state index in [0.717, 1.165) is 24.8 Å². The van der Waals surface area contributed by atoms with Gasteiger partial charge in [-0.1, -0.05) is 18.6 Å². The summed E-state index contributed by atoms with van der Waals surface area (Å²) < 4.78 is 13.2. The third-order valence-electron chi connectivity index (χ3n) is 3.84. The van der Waals surface area contributed by atoms with Crippen LogP contribution in [0.15, 0.2) is 24.3 Å². The number of carbonyl (C=O) groups excluding carboxylic acids is 1. The predicted octanol–water partition coefficient (Wildman–Crippen LogP) is 2.72. The zero-order valence-electron chi connectivity index (χ0n) is 11.7. The van der Waals surface area contributed by atoms with Crippen LogP contribution in [-0.4, -0.2) is 23.4 Å². The van der Waals surface area contributed by atoms with Crippen LogP contribution in [0, 0.1) is 11.7 Å². The van der Waals surface area contributed by atoms with Gasteiger partial charge in [0.25, 0.3) is 0 Å². The number of rotatable bonds is 4. The Morgan fingerprint density at radius 2 is 2.20 bits per heavy atom. The molecule has 2 rings (SSSR count). The highest BCUT2D eigenvalue weighted by Gasteiger charge is 2.32. The molecule has 0 radical (unpaired) electrons. The first-order chi connectivity index (χ1) is 9.11. The summed E-state index contributed by atoms with van der Waals surface area (Å²) in [5.41, 5.74) is 6.80. The number of halogens is 2. The molecule has 1 aliphatic rings. The van der Waals surface area contributed by atoms with E-state index in [9.17, 15) is 9.18 Å². The quantitative estimate of drug-likeness (QED) is 0.929. The van der Waals surface area contributed by atoms with Gasteiger partial charge in [-0.05, 0) is 37.5 Å². The van der Waals surface area contributed by atoms with Gasteiger partial charge in [-0.15, -0.1) is 12.4 Å². The Morgan fingerprint density at radius 1 is 1.45 bits per heavy atom. The molecule has 0 aromatic heterocycles. The summed E-state index contributed by atoms with van der Waals surface area (Å²) in [6.07, 6.45) is 2.82. The second-order valence-corrected chi connectivity index (χ2v) is 5.18. The molecule has 0 heterocycles. The molecule has 2 unspecified atom stereocenters. The number of hydrogen-bond acceptors (Lipinski definition) is 2. The molecule has 0 bridgehead atoms. The number of hydrogen-bond donors (Lipinski definition) is 1. The first kappa shape index (κ1) is 16.9. The van der Waals surface area contributed by atoms with E-state index in [1.54, 1.807) is 11.0 Å². The Kier molecular flexibility index (Phi) is 6.43. The van der Waals surface area contributed by atoms with Gasteiger partial charge < -0.3 is 10.6 Å². The maximum Gasteiger partial charge on any atom is 0.227 e. The molecule has 112 valence electrons. The molecule has 0 aliphatic heterocycles. The van der Waals surface area contributed by atoms with E-state index in [4.69, 9.17) is 5.73 Å². The molecular weight excluding hydrogens is 279 g/mol. The highest BCUT2D eigenvalue weighted by atomic mass is 35.5. The molecule has 1 fully saturated rings. The Hall–Kier alpha value is -1.13. The highest BCUT2D eigenvalue weighted by molar-refractivity contribution is 5.85. The lowest BCUT2D eigenvalue weighted by molar-refractivity contribution is -0.136. The predicted molar refractivity (Wildman–Crippen MR) is 80.1 cm³/mol. The first-order valence-corrected chi connectivity index (χ1v) is 6.90. The van der Waals surface area contributed by atoms with Gasteiger partial charge in [0, 0.05) is 19.1 Å². The van der Waals surface area contributed by atoms with Crippen LogP contribution in [0.5, 0.6) is 0 Å². The third kappa shape index (κ3) is 3.93. The Balaban J connectivity index is 0.00000200. The van der Waals surface area contributed by atoms with Crippen molar-refractivity contribution in [2.24, 2.45) is 11.7 Å². The van der Waals surface area contributed by atoms with Gasteiger partial charge in [-0.3, -0.25) is 4.79 Å². The van der Waals surface area contributed by atoms with Crippen LogP contribution in [0.3, 0.4) is 0 Å². The molecule has 20 heavy (non-hydrogen) atoms. The highest BCUT2D eigenvalue weighted by Crippen LogP contribution is 2.26. The summed E-state index contributed by atoms with van der Waals surface area (Å²) in [6, 6.07) is 6.38. The molecule has 3 nitrogen and oxygen atoms in total. The van der Waals surface area contributed by atoms with Crippen LogP contribution < -0.4 is 5.73 Å². The van der Waals surface area contributed by atoms with Gasteiger partial charge in [0.2, 0.25) is 5.91 Å². The fourth-order valence-electron chi connectivity index (χ4n) is 2.73. The molecule has 5 heteroatoms.